The minimum absolute atomic E-state index is 0.0261. The minimum Gasteiger partial charge on any atom is -0.0619 e. The molecule has 0 N–H and O–H groups in total. The lowest BCUT2D eigenvalue weighted by molar-refractivity contribution is 0.660. The van der Waals surface area contributed by atoms with E-state index < -0.39 is 0 Å². The predicted octanol–water partition coefficient (Wildman–Crippen LogP) is 7.87. The summed E-state index contributed by atoms with van der Waals surface area (Å²) in [5.41, 5.74) is 11.7. The van der Waals surface area contributed by atoms with Gasteiger partial charge in [-0.05, 0) is 72.5 Å². The molecule has 0 saturated carbocycles. The van der Waals surface area contributed by atoms with E-state index in [1.807, 2.05) is 0 Å². The van der Waals surface area contributed by atoms with Crippen molar-refractivity contribution in [3.8, 4) is 22.3 Å². The van der Waals surface area contributed by atoms with Crippen LogP contribution in [0.5, 0.6) is 0 Å². The van der Waals surface area contributed by atoms with E-state index in [0.29, 0.717) is 0 Å². The Morgan fingerprint density at radius 1 is 0.533 bits per heavy atom. The van der Waals surface area contributed by atoms with Crippen molar-refractivity contribution in [1.82, 2.24) is 0 Å². The number of benzene rings is 5. The zero-order valence-corrected chi connectivity index (χ0v) is 17.3. The first kappa shape index (κ1) is 16.4. The van der Waals surface area contributed by atoms with Crippen molar-refractivity contribution in [2.24, 2.45) is 0 Å². The molecule has 142 valence electrons. The van der Waals surface area contributed by atoms with Crippen LogP contribution in [0.1, 0.15) is 36.1 Å². The summed E-state index contributed by atoms with van der Waals surface area (Å²) in [5, 5.41) is 5.51. The van der Waals surface area contributed by atoms with Crippen molar-refractivity contribution in [3.05, 3.63) is 107 Å². The molecule has 0 amide bonds. The van der Waals surface area contributed by atoms with Crippen molar-refractivity contribution in [2.45, 2.75) is 25.7 Å². The quantitative estimate of drug-likeness (QED) is 0.234. The molecular weight excluding hydrogens is 360 g/mol. The summed E-state index contributed by atoms with van der Waals surface area (Å²) < 4.78 is 0. The predicted molar refractivity (Wildman–Crippen MR) is 127 cm³/mol. The first-order chi connectivity index (χ1) is 14.7. The summed E-state index contributed by atoms with van der Waals surface area (Å²) in [7, 11) is 0. The van der Waals surface area contributed by atoms with Gasteiger partial charge in [-0.25, -0.2) is 0 Å². The molecule has 0 radical (unpaired) electrons. The van der Waals surface area contributed by atoms with Crippen LogP contribution in [-0.4, -0.2) is 0 Å². The monoisotopic (exact) mass is 382 g/mol. The van der Waals surface area contributed by atoms with Gasteiger partial charge in [0.2, 0.25) is 0 Å². The van der Waals surface area contributed by atoms with Crippen molar-refractivity contribution in [1.29, 1.82) is 0 Å². The molecule has 0 bridgehead atoms. The van der Waals surface area contributed by atoms with Crippen LogP contribution in [0.25, 0.3) is 43.8 Å². The van der Waals surface area contributed by atoms with Crippen LogP contribution in [0, 0.1) is 0 Å². The number of rotatable bonds is 0. The smallest absolute Gasteiger partial charge is 0.0168 e. The molecule has 0 unspecified atom stereocenters. The van der Waals surface area contributed by atoms with Gasteiger partial charge in [-0.15, -0.1) is 0 Å². The Bertz CT molecular complexity index is 1530. The summed E-state index contributed by atoms with van der Waals surface area (Å²) in [6.45, 7) is 4.87. The lowest BCUT2D eigenvalue weighted by Crippen LogP contribution is -2.17. The Balaban J connectivity index is 1.67. The van der Waals surface area contributed by atoms with Gasteiger partial charge in [0.25, 0.3) is 0 Å². The summed E-state index contributed by atoms with van der Waals surface area (Å²) in [6.07, 6.45) is 1.04. The molecule has 0 fully saturated rings. The minimum atomic E-state index is -0.0261. The number of hydrogen-bond acceptors (Lipinski definition) is 0. The fourth-order valence-electron chi connectivity index (χ4n) is 6.33. The highest BCUT2D eigenvalue weighted by Gasteiger charge is 2.41. The largest absolute Gasteiger partial charge is 0.0619 e. The van der Waals surface area contributed by atoms with Gasteiger partial charge >= 0.3 is 0 Å². The second-order valence-electron chi connectivity index (χ2n) is 9.31. The van der Waals surface area contributed by atoms with Crippen LogP contribution in [0.4, 0.5) is 0 Å². The van der Waals surface area contributed by atoms with E-state index in [1.54, 1.807) is 0 Å². The molecule has 5 aromatic carbocycles. The maximum atomic E-state index is 2.43. The van der Waals surface area contributed by atoms with E-state index in [9.17, 15) is 0 Å². The molecule has 0 aromatic heterocycles. The molecule has 0 saturated heterocycles. The second-order valence-corrected chi connectivity index (χ2v) is 9.31. The molecule has 0 aliphatic heterocycles. The summed E-state index contributed by atoms with van der Waals surface area (Å²) in [5.74, 6) is 0. The molecule has 0 atom stereocenters. The molecular formula is C30H22. The van der Waals surface area contributed by atoms with Gasteiger partial charge in [0.05, 0.1) is 0 Å². The molecule has 0 spiro atoms. The van der Waals surface area contributed by atoms with Crippen LogP contribution in [-0.2, 0) is 11.8 Å². The van der Waals surface area contributed by atoms with Crippen LogP contribution in [0.3, 0.4) is 0 Å². The molecule has 0 heterocycles. The van der Waals surface area contributed by atoms with E-state index in [0.717, 1.165) is 6.42 Å². The molecule has 7 rings (SSSR count). The zero-order chi connectivity index (χ0) is 20.0. The van der Waals surface area contributed by atoms with E-state index in [1.165, 1.54) is 66.1 Å². The first-order valence-electron chi connectivity index (χ1n) is 10.8. The van der Waals surface area contributed by atoms with Crippen LogP contribution < -0.4 is 0 Å². The summed E-state index contributed by atoms with van der Waals surface area (Å²) >= 11 is 0. The number of hydrogen-bond donors (Lipinski definition) is 0. The van der Waals surface area contributed by atoms with Gasteiger partial charge < -0.3 is 0 Å². The molecule has 30 heavy (non-hydrogen) atoms. The summed E-state index contributed by atoms with van der Waals surface area (Å²) in [4.78, 5) is 0. The average Bonchev–Trinajstić information content (AvgIpc) is 3.26. The SMILES string of the molecule is CC1(C)c2c(ccc3c2Cc2ccccc2-3)-c2c1c1ccccc1c1ccccc21. The standard InChI is InChI=1S/C30H22/c1-30(2)28-25(16-15-22-19-10-4-3-9-18(19)17-26(22)28)27-23-13-7-5-11-20(23)21-12-6-8-14-24(21)29(27)30/h3-16H,17H2,1-2H3. The zero-order valence-electron chi connectivity index (χ0n) is 17.3. The van der Waals surface area contributed by atoms with Crippen molar-refractivity contribution < 1.29 is 0 Å². The third kappa shape index (κ3) is 1.83. The van der Waals surface area contributed by atoms with Gasteiger partial charge in [0.15, 0.2) is 0 Å². The molecule has 2 aliphatic carbocycles. The van der Waals surface area contributed by atoms with Gasteiger partial charge in [-0.3, -0.25) is 0 Å². The van der Waals surface area contributed by atoms with Gasteiger partial charge in [-0.2, -0.15) is 0 Å². The molecule has 2 aliphatic rings. The summed E-state index contributed by atoms with van der Waals surface area (Å²) in [6, 6.07) is 31.6. The highest BCUT2D eigenvalue weighted by atomic mass is 14.4. The Morgan fingerprint density at radius 3 is 1.93 bits per heavy atom. The van der Waals surface area contributed by atoms with E-state index in [4.69, 9.17) is 0 Å². The van der Waals surface area contributed by atoms with E-state index in [-0.39, 0.29) is 5.41 Å². The van der Waals surface area contributed by atoms with E-state index >= 15 is 0 Å². The topological polar surface area (TPSA) is 0 Å². The average molecular weight is 383 g/mol. The van der Waals surface area contributed by atoms with Crippen molar-refractivity contribution >= 4 is 21.5 Å². The highest BCUT2D eigenvalue weighted by molar-refractivity contribution is 6.18. The highest BCUT2D eigenvalue weighted by Crippen LogP contribution is 2.57. The van der Waals surface area contributed by atoms with Gasteiger partial charge in [0.1, 0.15) is 0 Å². The third-order valence-electron chi connectivity index (χ3n) is 7.44. The van der Waals surface area contributed by atoms with Crippen molar-refractivity contribution in [2.75, 3.05) is 0 Å². The maximum absolute atomic E-state index is 2.43. The van der Waals surface area contributed by atoms with Crippen LogP contribution >= 0.6 is 0 Å². The Morgan fingerprint density at radius 2 is 1.13 bits per heavy atom. The Labute approximate surface area is 176 Å². The lowest BCUT2D eigenvalue weighted by Gasteiger charge is -2.26. The molecule has 0 nitrogen and oxygen atoms in total. The number of fused-ring (bicyclic) bond motifs is 12. The van der Waals surface area contributed by atoms with Crippen LogP contribution in [0.2, 0.25) is 0 Å². The first-order valence-corrected chi connectivity index (χ1v) is 10.8. The Hall–Kier alpha value is -3.38. The third-order valence-corrected chi connectivity index (χ3v) is 7.44. The van der Waals surface area contributed by atoms with E-state index in [2.05, 4.69) is 98.8 Å². The molecule has 5 aromatic rings. The van der Waals surface area contributed by atoms with Gasteiger partial charge in [-0.1, -0.05) is 98.8 Å². The second kappa shape index (κ2) is 5.40. The Kier molecular flexibility index (Phi) is 2.96. The fraction of sp³-hybridized carbons (Fsp3) is 0.133. The van der Waals surface area contributed by atoms with Crippen molar-refractivity contribution in [3.63, 3.8) is 0 Å². The normalized spacial score (nSPS) is 15.1. The molecule has 0 heteroatoms. The lowest BCUT2D eigenvalue weighted by atomic mass is 9.77. The maximum Gasteiger partial charge on any atom is 0.0168 e. The fourth-order valence-corrected chi connectivity index (χ4v) is 6.33. The van der Waals surface area contributed by atoms with Crippen LogP contribution in [0.15, 0.2) is 84.9 Å². The van der Waals surface area contributed by atoms with Gasteiger partial charge in [0, 0.05) is 5.41 Å².